The topological polar surface area (TPSA) is 69.0 Å². The van der Waals surface area contributed by atoms with Crippen molar-refractivity contribution in [3.05, 3.63) is 78.1 Å². The number of amides is 1. The van der Waals surface area contributed by atoms with Crippen molar-refractivity contribution in [1.29, 1.82) is 0 Å². The third kappa shape index (κ3) is 5.73. The van der Waals surface area contributed by atoms with Gasteiger partial charge in [-0.15, -0.1) is 16.8 Å². The Morgan fingerprint density at radius 1 is 1.13 bits per heavy atom. The number of aryl methyl sites for hydroxylation is 1. The second-order valence-corrected chi connectivity index (χ2v) is 7.65. The quantitative estimate of drug-likeness (QED) is 0.388. The lowest BCUT2D eigenvalue weighted by Crippen LogP contribution is -2.14. The molecule has 0 unspecified atom stereocenters. The molecule has 0 bridgehead atoms. The molecule has 3 rings (SSSR count). The van der Waals surface area contributed by atoms with E-state index in [-0.39, 0.29) is 11.7 Å². The van der Waals surface area contributed by atoms with Gasteiger partial charge in [0.1, 0.15) is 11.6 Å². The monoisotopic (exact) mass is 422 g/mol. The van der Waals surface area contributed by atoms with Gasteiger partial charge in [0.15, 0.2) is 5.16 Å². The summed E-state index contributed by atoms with van der Waals surface area (Å²) in [4.78, 5) is 12.3. The summed E-state index contributed by atoms with van der Waals surface area (Å²) in [6.07, 6.45) is 3.42. The van der Waals surface area contributed by atoms with Gasteiger partial charge < -0.3 is 14.6 Å². The number of ether oxygens (including phenoxy) is 1. The fourth-order valence-corrected chi connectivity index (χ4v) is 3.71. The third-order valence-electron chi connectivity index (χ3n) is 4.60. The second kappa shape index (κ2) is 10.6. The number of methoxy groups -OCH3 is 1. The van der Waals surface area contributed by atoms with Crippen molar-refractivity contribution in [1.82, 2.24) is 14.8 Å². The summed E-state index contributed by atoms with van der Waals surface area (Å²) in [5.41, 5.74) is 3.15. The molecule has 0 fully saturated rings. The summed E-state index contributed by atoms with van der Waals surface area (Å²) in [5.74, 6) is 1.83. The molecular weight excluding hydrogens is 396 g/mol. The van der Waals surface area contributed by atoms with Crippen LogP contribution in [0.25, 0.3) is 0 Å². The number of benzene rings is 2. The maximum atomic E-state index is 12.3. The van der Waals surface area contributed by atoms with Gasteiger partial charge in [0.2, 0.25) is 5.91 Å². The van der Waals surface area contributed by atoms with E-state index in [1.54, 1.807) is 13.2 Å². The summed E-state index contributed by atoms with van der Waals surface area (Å²) in [6.45, 7) is 6.52. The Kier molecular flexibility index (Phi) is 7.68. The number of hydrogen-bond donors (Lipinski definition) is 1. The van der Waals surface area contributed by atoms with Crippen LogP contribution in [-0.2, 0) is 24.2 Å². The SMILES string of the molecule is C=CCn1c(Cc2ccc(OC)cc2)nnc1SCC(=O)Nc1ccc(CC)cc1. The number of nitrogens with one attached hydrogen (secondary N) is 1. The van der Waals surface area contributed by atoms with Gasteiger partial charge in [-0.05, 0) is 41.8 Å². The largest absolute Gasteiger partial charge is 0.497 e. The molecule has 6 nitrogen and oxygen atoms in total. The number of nitrogens with zero attached hydrogens (tertiary/aromatic N) is 3. The first kappa shape index (κ1) is 21.6. The Morgan fingerprint density at radius 3 is 2.47 bits per heavy atom. The number of carbonyl (C=O) groups excluding carboxylic acids is 1. The van der Waals surface area contributed by atoms with Gasteiger partial charge in [-0.25, -0.2) is 0 Å². The minimum atomic E-state index is -0.0749. The average molecular weight is 423 g/mol. The molecule has 0 aliphatic rings. The van der Waals surface area contributed by atoms with E-state index in [2.05, 4.69) is 29.0 Å². The van der Waals surface area contributed by atoms with E-state index in [1.165, 1.54) is 17.3 Å². The fraction of sp³-hybridized carbons (Fsp3) is 0.261. The molecule has 1 aromatic heterocycles. The first-order valence-electron chi connectivity index (χ1n) is 9.80. The van der Waals surface area contributed by atoms with Crippen LogP contribution < -0.4 is 10.1 Å². The van der Waals surface area contributed by atoms with Crippen LogP contribution in [0.1, 0.15) is 23.9 Å². The normalized spacial score (nSPS) is 10.6. The summed E-state index contributed by atoms with van der Waals surface area (Å²) in [6, 6.07) is 15.8. The maximum absolute atomic E-state index is 12.3. The Labute approximate surface area is 181 Å². The van der Waals surface area contributed by atoms with Crippen LogP contribution in [0.5, 0.6) is 5.75 Å². The number of aromatic nitrogens is 3. The van der Waals surface area contributed by atoms with Crippen LogP contribution >= 0.6 is 11.8 Å². The van der Waals surface area contributed by atoms with Crippen LogP contribution in [0.4, 0.5) is 5.69 Å². The number of allylic oxidation sites excluding steroid dienone is 1. The van der Waals surface area contributed by atoms with Crippen molar-refractivity contribution < 1.29 is 9.53 Å². The highest BCUT2D eigenvalue weighted by Crippen LogP contribution is 2.21. The molecule has 0 spiro atoms. The third-order valence-corrected chi connectivity index (χ3v) is 5.57. The van der Waals surface area contributed by atoms with Crippen LogP contribution in [-0.4, -0.2) is 33.5 Å². The standard InChI is InChI=1S/C23H26N4O2S/c1-4-14-27-21(15-18-8-12-20(29-3)13-9-18)25-26-23(27)30-16-22(28)24-19-10-6-17(5-2)7-11-19/h4,6-13H,1,5,14-16H2,2-3H3,(H,24,28). The molecule has 1 heterocycles. The number of thioether (sulfide) groups is 1. The van der Waals surface area contributed by atoms with Crippen LogP contribution in [0.3, 0.4) is 0 Å². The lowest BCUT2D eigenvalue weighted by atomic mass is 10.1. The molecule has 1 amide bonds. The van der Waals surface area contributed by atoms with E-state index in [4.69, 9.17) is 4.74 Å². The molecule has 0 aliphatic carbocycles. The molecular formula is C23H26N4O2S. The summed E-state index contributed by atoms with van der Waals surface area (Å²) in [7, 11) is 1.65. The molecule has 156 valence electrons. The number of anilines is 1. The molecule has 0 atom stereocenters. The van der Waals surface area contributed by atoms with E-state index in [9.17, 15) is 4.79 Å². The summed E-state index contributed by atoms with van der Waals surface area (Å²) in [5, 5.41) is 12.3. The molecule has 0 saturated carbocycles. The Bertz CT molecular complexity index is 981. The molecule has 2 aromatic carbocycles. The first-order valence-corrected chi connectivity index (χ1v) is 10.8. The molecule has 30 heavy (non-hydrogen) atoms. The highest BCUT2D eigenvalue weighted by Gasteiger charge is 2.14. The van der Waals surface area contributed by atoms with Gasteiger partial charge in [0.25, 0.3) is 0 Å². The van der Waals surface area contributed by atoms with Gasteiger partial charge in [-0.1, -0.05) is 49.0 Å². The Balaban J connectivity index is 1.63. The molecule has 0 aliphatic heterocycles. The van der Waals surface area contributed by atoms with Gasteiger partial charge in [0, 0.05) is 18.7 Å². The minimum absolute atomic E-state index is 0.0749. The fourth-order valence-electron chi connectivity index (χ4n) is 2.95. The minimum Gasteiger partial charge on any atom is -0.497 e. The number of rotatable bonds is 10. The van der Waals surface area contributed by atoms with Gasteiger partial charge in [0.05, 0.1) is 12.9 Å². The van der Waals surface area contributed by atoms with Crippen molar-refractivity contribution in [2.24, 2.45) is 0 Å². The number of carbonyl (C=O) groups is 1. The second-order valence-electron chi connectivity index (χ2n) is 6.71. The van der Waals surface area contributed by atoms with Gasteiger partial charge in [-0.3, -0.25) is 4.79 Å². The Morgan fingerprint density at radius 2 is 1.83 bits per heavy atom. The van der Waals surface area contributed by atoms with Crippen molar-refractivity contribution in [3.63, 3.8) is 0 Å². The zero-order valence-corrected chi connectivity index (χ0v) is 18.1. The maximum Gasteiger partial charge on any atom is 0.234 e. The zero-order valence-electron chi connectivity index (χ0n) is 17.3. The van der Waals surface area contributed by atoms with Crippen LogP contribution in [0.15, 0.2) is 66.3 Å². The van der Waals surface area contributed by atoms with Crippen molar-refractivity contribution in [3.8, 4) is 5.75 Å². The van der Waals surface area contributed by atoms with E-state index < -0.39 is 0 Å². The summed E-state index contributed by atoms with van der Waals surface area (Å²) < 4.78 is 7.20. The molecule has 0 saturated heterocycles. The summed E-state index contributed by atoms with van der Waals surface area (Å²) >= 11 is 1.37. The van der Waals surface area contributed by atoms with E-state index in [0.29, 0.717) is 18.1 Å². The molecule has 7 heteroatoms. The van der Waals surface area contributed by atoms with E-state index in [1.807, 2.05) is 53.1 Å². The van der Waals surface area contributed by atoms with Crippen LogP contribution in [0, 0.1) is 0 Å². The van der Waals surface area contributed by atoms with Gasteiger partial charge >= 0.3 is 0 Å². The first-order chi connectivity index (χ1) is 14.6. The van der Waals surface area contributed by atoms with E-state index >= 15 is 0 Å². The predicted octanol–water partition coefficient (Wildman–Crippen LogP) is 4.36. The molecule has 0 radical (unpaired) electrons. The molecule has 3 aromatic rings. The highest BCUT2D eigenvalue weighted by atomic mass is 32.2. The van der Waals surface area contributed by atoms with E-state index in [0.717, 1.165) is 29.2 Å². The van der Waals surface area contributed by atoms with Crippen molar-refractivity contribution in [2.75, 3.05) is 18.2 Å². The van der Waals surface area contributed by atoms with Crippen LogP contribution in [0.2, 0.25) is 0 Å². The Hall–Kier alpha value is -3.06. The smallest absolute Gasteiger partial charge is 0.234 e. The van der Waals surface area contributed by atoms with Crippen molar-refractivity contribution >= 4 is 23.4 Å². The van der Waals surface area contributed by atoms with Gasteiger partial charge in [-0.2, -0.15) is 0 Å². The zero-order chi connectivity index (χ0) is 21.3. The highest BCUT2D eigenvalue weighted by molar-refractivity contribution is 7.99. The lowest BCUT2D eigenvalue weighted by Gasteiger charge is -2.09. The van der Waals surface area contributed by atoms with Crippen molar-refractivity contribution in [2.45, 2.75) is 31.5 Å². The average Bonchev–Trinajstić information content (AvgIpc) is 3.15. The predicted molar refractivity (Wildman–Crippen MR) is 121 cm³/mol. The lowest BCUT2D eigenvalue weighted by molar-refractivity contribution is -0.113. The number of hydrogen-bond acceptors (Lipinski definition) is 5. The molecule has 1 N–H and O–H groups in total.